The number of methoxy groups -OCH3 is 1. The smallest absolute Gasteiger partial charge is 0.340 e. The van der Waals surface area contributed by atoms with Crippen LogP contribution in [0, 0.1) is 6.92 Å². The third kappa shape index (κ3) is 5.97. The van der Waals surface area contributed by atoms with Gasteiger partial charge < -0.3 is 29.4 Å². The van der Waals surface area contributed by atoms with Crippen LogP contribution in [-0.4, -0.2) is 55.0 Å². The Bertz CT molecular complexity index is 1270. The van der Waals surface area contributed by atoms with Crippen LogP contribution in [0.3, 0.4) is 0 Å². The number of esters is 1. The quantitative estimate of drug-likeness (QED) is 0.335. The SMILES string of the molecule is COC(=O)C1=C(C)N(C[C@H]2CCCO2)C(=O)/C1=C\c1ccc(CNC(=O)C(=O)Nc2ccc(C)cc2)o1. The fraction of sp³-hybridized carbons (Fsp3) is 0.333. The lowest BCUT2D eigenvalue weighted by atomic mass is 10.1. The summed E-state index contributed by atoms with van der Waals surface area (Å²) < 4.78 is 16.3. The Morgan fingerprint density at radius 2 is 1.86 bits per heavy atom. The monoisotopic (exact) mass is 507 g/mol. The Kier molecular flexibility index (Phi) is 7.88. The van der Waals surface area contributed by atoms with Gasteiger partial charge in [0.2, 0.25) is 0 Å². The van der Waals surface area contributed by atoms with Gasteiger partial charge in [0.25, 0.3) is 5.91 Å². The van der Waals surface area contributed by atoms with Crippen molar-refractivity contribution in [3.8, 4) is 0 Å². The van der Waals surface area contributed by atoms with E-state index in [1.807, 2.05) is 19.1 Å². The Labute approximate surface area is 214 Å². The van der Waals surface area contributed by atoms with Gasteiger partial charge in [0, 0.05) is 18.0 Å². The molecule has 4 rings (SSSR count). The minimum absolute atomic E-state index is 0.0405. The average Bonchev–Trinajstić information content (AvgIpc) is 3.62. The third-order valence-electron chi connectivity index (χ3n) is 6.22. The number of furan rings is 1. The molecule has 0 radical (unpaired) electrons. The summed E-state index contributed by atoms with van der Waals surface area (Å²) in [5.74, 6) is -1.91. The Balaban J connectivity index is 1.42. The van der Waals surface area contributed by atoms with E-state index in [1.165, 1.54) is 18.1 Å². The summed E-state index contributed by atoms with van der Waals surface area (Å²) in [4.78, 5) is 51.6. The van der Waals surface area contributed by atoms with Crippen molar-refractivity contribution in [2.45, 2.75) is 39.3 Å². The largest absolute Gasteiger partial charge is 0.465 e. The van der Waals surface area contributed by atoms with Gasteiger partial charge in [0.15, 0.2) is 0 Å². The number of amides is 3. The number of carbonyl (C=O) groups excluding carboxylic acids is 4. The molecule has 1 aromatic heterocycles. The molecule has 10 heteroatoms. The highest BCUT2D eigenvalue weighted by molar-refractivity contribution is 6.39. The molecule has 3 heterocycles. The van der Waals surface area contributed by atoms with Crippen LogP contribution < -0.4 is 10.6 Å². The van der Waals surface area contributed by atoms with Crippen LogP contribution in [0.5, 0.6) is 0 Å². The molecule has 2 N–H and O–H groups in total. The lowest BCUT2D eigenvalue weighted by molar-refractivity contribution is -0.136. The lowest BCUT2D eigenvalue weighted by Gasteiger charge is -2.21. The number of hydrogen-bond donors (Lipinski definition) is 2. The van der Waals surface area contributed by atoms with Crippen LogP contribution in [-0.2, 0) is 35.2 Å². The van der Waals surface area contributed by atoms with Gasteiger partial charge in [-0.25, -0.2) is 4.79 Å². The maximum Gasteiger partial charge on any atom is 0.340 e. The van der Waals surface area contributed by atoms with E-state index in [1.54, 1.807) is 31.2 Å². The number of rotatable bonds is 7. The Morgan fingerprint density at radius 1 is 1.11 bits per heavy atom. The highest BCUT2D eigenvalue weighted by Gasteiger charge is 2.38. The highest BCUT2D eigenvalue weighted by atomic mass is 16.5. The molecule has 2 aliphatic rings. The number of ether oxygens (including phenoxy) is 2. The van der Waals surface area contributed by atoms with E-state index in [0.29, 0.717) is 36.1 Å². The summed E-state index contributed by atoms with van der Waals surface area (Å²) in [5, 5.41) is 5.03. The first kappa shape index (κ1) is 25.9. The fourth-order valence-electron chi connectivity index (χ4n) is 4.22. The summed E-state index contributed by atoms with van der Waals surface area (Å²) >= 11 is 0. The van der Waals surface area contributed by atoms with E-state index in [4.69, 9.17) is 13.9 Å². The molecule has 0 unspecified atom stereocenters. The number of nitrogens with one attached hydrogen (secondary N) is 2. The van der Waals surface area contributed by atoms with Crippen LogP contribution in [0.15, 0.2) is 57.7 Å². The topological polar surface area (TPSA) is 127 Å². The van der Waals surface area contributed by atoms with Crippen molar-refractivity contribution in [2.24, 2.45) is 0 Å². The van der Waals surface area contributed by atoms with Crippen LogP contribution in [0.25, 0.3) is 6.08 Å². The molecule has 1 atom stereocenters. The first-order chi connectivity index (χ1) is 17.8. The second-order valence-corrected chi connectivity index (χ2v) is 8.87. The average molecular weight is 508 g/mol. The van der Waals surface area contributed by atoms with Crippen LogP contribution in [0.4, 0.5) is 5.69 Å². The highest BCUT2D eigenvalue weighted by Crippen LogP contribution is 2.33. The Morgan fingerprint density at radius 3 is 2.54 bits per heavy atom. The zero-order chi connectivity index (χ0) is 26.5. The number of nitrogens with zero attached hydrogens (tertiary/aromatic N) is 1. The molecule has 37 heavy (non-hydrogen) atoms. The summed E-state index contributed by atoms with van der Waals surface area (Å²) in [6, 6.07) is 10.3. The molecule has 10 nitrogen and oxygen atoms in total. The Hall–Kier alpha value is -4.18. The van der Waals surface area contributed by atoms with Crippen molar-refractivity contribution in [1.29, 1.82) is 0 Å². The zero-order valence-electron chi connectivity index (χ0n) is 21.0. The van der Waals surface area contributed by atoms with E-state index in [2.05, 4.69) is 10.6 Å². The second-order valence-electron chi connectivity index (χ2n) is 8.87. The number of carbonyl (C=O) groups is 4. The van der Waals surface area contributed by atoms with Gasteiger partial charge in [-0.3, -0.25) is 14.4 Å². The molecule has 1 aromatic carbocycles. The lowest BCUT2D eigenvalue weighted by Crippen LogP contribution is -2.34. The van der Waals surface area contributed by atoms with Crippen LogP contribution in [0.1, 0.15) is 36.8 Å². The van der Waals surface area contributed by atoms with Gasteiger partial charge in [-0.05, 0) is 57.0 Å². The molecule has 1 fully saturated rings. The van der Waals surface area contributed by atoms with E-state index < -0.39 is 17.8 Å². The summed E-state index contributed by atoms with van der Waals surface area (Å²) in [7, 11) is 1.26. The minimum atomic E-state index is -0.820. The van der Waals surface area contributed by atoms with Crippen molar-refractivity contribution >= 4 is 35.5 Å². The predicted octanol–water partition coefficient (Wildman–Crippen LogP) is 2.69. The molecule has 1 saturated heterocycles. The van der Waals surface area contributed by atoms with E-state index >= 15 is 0 Å². The maximum atomic E-state index is 13.2. The maximum absolute atomic E-state index is 13.2. The summed E-state index contributed by atoms with van der Waals surface area (Å²) in [6.07, 6.45) is 3.17. The summed E-state index contributed by atoms with van der Waals surface area (Å²) in [6.45, 7) is 4.58. The van der Waals surface area contributed by atoms with E-state index in [-0.39, 0.29) is 29.7 Å². The van der Waals surface area contributed by atoms with Gasteiger partial charge in [0.1, 0.15) is 11.5 Å². The van der Waals surface area contributed by atoms with E-state index in [0.717, 1.165) is 18.4 Å². The van der Waals surface area contributed by atoms with Crippen molar-refractivity contribution in [3.05, 3.63) is 70.3 Å². The van der Waals surface area contributed by atoms with Crippen molar-refractivity contribution < 1.29 is 33.1 Å². The van der Waals surface area contributed by atoms with Crippen LogP contribution in [0.2, 0.25) is 0 Å². The molecule has 0 spiro atoms. The standard InChI is InChI=1S/C27H29N3O7/c1-16-6-8-18(9-7-16)29-25(32)24(31)28-14-20-11-10-19(37-20)13-22-23(27(34)35-3)17(2)30(26(22)33)15-21-5-4-12-36-21/h6-11,13,21H,4-5,12,14-15H2,1-3H3,(H,28,31)(H,29,32)/b22-13-/t21-/m1/s1. The number of aryl methyl sites for hydroxylation is 1. The van der Waals surface area contributed by atoms with Gasteiger partial charge in [-0.15, -0.1) is 0 Å². The van der Waals surface area contributed by atoms with Gasteiger partial charge in [0.05, 0.1) is 37.4 Å². The second kappa shape index (κ2) is 11.3. The summed E-state index contributed by atoms with van der Waals surface area (Å²) in [5.41, 5.74) is 2.37. The number of allylic oxidation sites excluding steroid dienone is 1. The fourth-order valence-corrected chi connectivity index (χ4v) is 4.22. The molecule has 194 valence electrons. The van der Waals surface area contributed by atoms with Gasteiger partial charge in [-0.2, -0.15) is 0 Å². The molecule has 0 aliphatic carbocycles. The first-order valence-corrected chi connectivity index (χ1v) is 12.0. The third-order valence-corrected chi connectivity index (χ3v) is 6.22. The molecular formula is C27H29N3O7. The molecule has 2 aromatic rings. The molecule has 0 saturated carbocycles. The molecular weight excluding hydrogens is 478 g/mol. The molecule has 0 bridgehead atoms. The minimum Gasteiger partial charge on any atom is -0.465 e. The first-order valence-electron chi connectivity index (χ1n) is 12.0. The van der Waals surface area contributed by atoms with Gasteiger partial charge >= 0.3 is 17.8 Å². The zero-order valence-corrected chi connectivity index (χ0v) is 21.0. The number of anilines is 1. The normalized spacial score (nSPS) is 18.5. The van der Waals surface area contributed by atoms with E-state index in [9.17, 15) is 19.2 Å². The van der Waals surface area contributed by atoms with Gasteiger partial charge in [-0.1, -0.05) is 17.7 Å². The van der Waals surface area contributed by atoms with Crippen LogP contribution >= 0.6 is 0 Å². The van der Waals surface area contributed by atoms with Crippen molar-refractivity contribution in [1.82, 2.24) is 10.2 Å². The van der Waals surface area contributed by atoms with Crippen molar-refractivity contribution in [2.75, 3.05) is 25.6 Å². The number of hydrogen-bond acceptors (Lipinski definition) is 7. The predicted molar refractivity (Wildman–Crippen MR) is 134 cm³/mol. The van der Waals surface area contributed by atoms with Crippen molar-refractivity contribution in [3.63, 3.8) is 0 Å². The number of benzene rings is 1. The molecule has 3 amide bonds. The molecule has 2 aliphatic heterocycles.